The number of halogens is 1. The molecule has 3 rings (SSSR count). The summed E-state index contributed by atoms with van der Waals surface area (Å²) in [6.07, 6.45) is 4.79. The van der Waals surface area contributed by atoms with Gasteiger partial charge < -0.3 is 19.7 Å². The zero-order valence-electron chi connectivity index (χ0n) is 15.2. The van der Waals surface area contributed by atoms with Crippen LogP contribution in [-0.2, 0) is 5.54 Å². The van der Waals surface area contributed by atoms with Crippen LogP contribution >= 0.6 is 11.6 Å². The van der Waals surface area contributed by atoms with Crippen LogP contribution in [0.3, 0.4) is 0 Å². The minimum absolute atomic E-state index is 0. The van der Waals surface area contributed by atoms with Crippen molar-refractivity contribution in [1.82, 2.24) is 9.97 Å². The summed E-state index contributed by atoms with van der Waals surface area (Å²) in [5.41, 5.74) is 8.84. The van der Waals surface area contributed by atoms with Gasteiger partial charge in [0.2, 0.25) is 12.0 Å². The molecule has 11 heteroatoms. The molecule has 9 nitrogen and oxygen atoms in total. The summed E-state index contributed by atoms with van der Waals surface area (Å²) in [5, 5.41) is 21.2. The van der Waals surface area contributed by atoms with E-state index in [1.807, 2.05) is 13.8 Å². The van der Waals surface area contributed by atoms with Crippen LogP contribution < -0.4 is 61.2 Å². The molecule has 27 heavy (non-hydrogen) atoms. The number of carbonyl (C=O) groups is 1. The maximum Gasteiger partial charge on any atom is 1.00 e. The van der Waals surface area contributed by atoms with Gasteiger partial charge in [0.15, 0.2) is 0 Å². The molecule has 0 saturated heterocycles. The van der Waals surface area contributed by atoms with Crippen LogP contribution in [0.25, 0.3) is 21.2 Å². The Morgan fingerprint density at radius 3 is 2.56 bits per heavy atom. The first-order chi connectivity index (χ1) is 12.2. The van der Waals surface area contributed by atoms with Gasteiger partial charge in [-0.15, -0.1) is 0 Å². The molecule has 1 N–H and O–H groups in total. The smallest absolute Gasteiger partial charge is 0.565 e. The molecular weight excluding hydrogens is 401 g/mol. The van der Waals surface area contributed by atoms with Gasteiger partial charge in [0, 0.05) is 17.3 Å². The van der Waals surface area contributed by atoms with E-state index < -0.39 is 11.7 Å². The first-order valence-corrected chi connectivity index (χ1v) is 8.20. The summed E-state index contributed by atoms with van der Waals surface area (Å²) in [6, 6.07) is 1.76. The maximum atomic E-state index is 8.78. The van der Waals surface area contributed by atoms with Crippen LogP contribution in [0.15, 0.2) is 23.6 Å². The third-order valence-corrected chi connectivity index (χ3v) is 4.19. The number of rotatable bonds is 4. The van der Waals surface area contributed by atoms with Crippen LogP contribution in [-0.4, -0.2) is 27.3 Å². The SMILES string of the molecule is CC(C)(N=[N+]=[N-])c1cnc(OC2CCC2)c2cnc(Cl)cc12.O=C([O-])O.[K+]. The van der Waals surface area contributed by atoms with E-state index in [0.717, 1.165) is 29.2 Å². The van der Waals surface area contributed by atoms with Gasteiger partial charge in [-0.25, -0.2) is 9.97 Å². The second-order valence-electron chi connectivity index (χ2n) is 6.21. The standard InChI is InChI=1S/C15H16ClN5O.CH2O3.K/c1-15(2,20-21-17)12-8-19-14(22-9-4-3-5-9)11-7-18-13(16)6-10(11)12;2-1(3)4;/h6-9H,3-5H2,1-2H3;(H2,2,3,4);/q;;+1/p-1. The van der Waals surface area contributed by atoms with E-state index >= 15 is 0 Å². The maximum absolute atomic E-state index is 8.78. The molecule has 2 heterocycles. The summed E-state index contributed by atoms with van der Waals surface area (Å²) < 4.78 is 5.93. The largest absolute Gasteiger partial charge is 1.00 e. The van der Waals surface area contributed by atoms with E-state index in [1.54, 1.807) is 18.5 Å². The predicted octanol–water partition coefficient (Wildman–Crippen LogP) is 0.652. The monoisotopic (exact) mass is 417 g/mol. The van der Waals surface area contributed by atoms with Crippen molar-refractivity contribution in [3.05, 3.63) is 39.6 Å². The topological polar surface area (TPSA) is 144 Å². The molecule has 0 spiro atoms. The van der Waals surface area contributed by atoms with Crippen LogP contribution in [0.1, 0.15) is 38.7 Å². The van der Waals surface area contributed by atoms with Crippen molar-refractivity contribution in [2.75, 3.05) is 0 Å². The molecule has 0 radical (unpaired) electrons. The van der Waals surface area contributed by atoms with E-state index in [4.69, 9.17) is 36.9 Å². The number of hydrogen-bond acceptors (Lipinski definition) is 6. The number of azide groups is 1. The van der Waals surface area contributed by atoms with Gasteiger partial charge in [0.1, 0.15) is 11.3 Å². The predicted molar refractivity (Wildman–Crippen MR) is 93.0 cm³/mol. The summed E-state index contributed by atoms with van der Waals surface area (Å²) in [4.78, 5) is 19.9. The molecule has 0 aromatic carbocycles. The number of pyridine rings is 2. The van der Waals surface area contributed by atoms with Gasteiger partial charge in [0.25, 0.3) is 0 Å². The van der Waals surface area contributed by atoms with Crippen LogP contribution in [0.5, 0.6) is 5.88 Å². The Hall–Kier alpha value is -1.13. The molecule has 0 bridgehead atoms. The molecule has 1 aliphatic rings. The number of ether oxygens (including phenoxy) is 1. The van der Waals surface area contributed by atoms with Crippen molar-refractivity contribution < 1.29 is 71.1 Å². The van der Waals surface area contributed by atoms with E-state index in [2.05, 4.69) is 20.0 Å². The molecule has 2 aromatic rings. The average molecular weight is 418 g/mol. The quantitative estimate of drug-likeness (QED) is 0.254. The Morgan fingerprint density at radius 2 is 2.04 bits per heavy atom. The van der Waals surface area contributed by atoms with Crippen LogP contribution in [0.4, 0.5) is 4.79 Å². The van der Waals surface area contributed by atoms with E-state index in [-0.39, 0.29) is 57.5 Å². The summed E-state index contributed by atoms with van der Waals surface area (Å²) >= 11 is 6.04. The first kappa shape index (κ1) is 23.9. The Morgan fingerprint density at radius 1 is 1.41 bits per heavy atom. The molecule has 0 amide bonds. The minimum Gasteiger partial charge on any atom is -0.565 e. The summed E-state index contributed by atoms with van der Waals surface area (Å²) in [6.45, 7) is 3.67. The molecule has 2 aromatic heterocycles. The number of fused-ring (bicyclic) bond motifs is 1. The summed E-state index contributed by atoms with van der Waals surface area (Å²) in [5.74, 6) is 0.560. The van der Waals surface area contributed by atoms with Crippen molar-refractivity contribution in [3.63, 3.8) is 0 Å². The fraction of sp³-hybridized carbons (Fsp3) is 0.438. The first-order valence-electron chi connectivity index (χ1n) is 7.82. The Kier molecular flexibility index (Phi) is 9.23. The van der Waals surface area contributed by atoms with Crippen molar-refractivity contribution in [2.24, 2.45) is 5.11 Å². The number of hydrogen-bond donors (Lipinski definition) is 1. The zero-order valence-corrected chi connectivity index (χ0v) is 19.1. The number of aromatic nitrogens is 2. The van der Waals surface area contributed by atoms with Gasteiger partial charge in [-0.05, 0) is 41.8 Å². The second-order valence-corrected chi connectivity index (χ2v) is 6.60. The Labute approximate surface area is 203 Å². The number of carboxylic acid groups (broad SMARTS) is 2. The Bertz CT molecular complexity index is 865. The number of nitrogens with zero attached hydrogens (tertiary/aromatic N) is 5. The molecule has 138 valence electrons. The van der Waals surface area contributed by atoms with Gasteiger partial charge in [-0.2, -0.15) is 0 Å². The van der Waals surface area contributed by atoms with Crippen molar-refractivity contribution >= 4 is 28.5 Å². The van der Waals surface area contributed by atoms with E-state index in [0.29, 0.717) is 11.0 Å². The Balaban J connectivity index is 0.000000666. The van der Waals surface area contributed by atoms with Crippen LogP contribution in [0, 0.1) is 0 Å². The van der Waals surface area contributed by atoms with Crippen molar-refractivity contribution in [2.45, 2.75) is 44.8 Å². The normalized spacial score (nSPS) is 13.3. The van der Waals surface area contributed by atoms with Gasteiger partial charge in [0.05, 0.1) is 10.9 Å². The minimum atomic E-state index is -2.08. The fourth-order valence-electron chi connectivity index (χ4n) is 2.48. The zero-order chi connectivity index (χ0) is 19.3. The van der Waals surface area contributed by atoms with E-state index in [1.165, 1.54) is 6.42 Å². The molecule has 0 aliphatic heterocycles. The van der Waals surface area contributed by atoms with Crippen molar-refractivity contribution in [1.29, 1.82) is 0 Å². The van der Waals surface area contributed by atoms with Gasteiger partial charge >= 0.3 is 51.4 Å². The molecule has 0 atom stereocenters. The molecule has 1 saturated carbocycles. The van der Waals surface area contributed by atoms with E-state index in [9.17, 15) is 0 Å². The van der Waals surface area contributed by atoms with Gasteiger partial charge in [-0.3, -0.25) is 0 Å². The van der Waals surface area contributed by atoms with Gasteiger partial charge in [-0.1, -0.05) is 30.6 Å². The molecule has 0 unspecified atom stereocenters. The van der Waals surface area contributed by atoms with Crippen molar-refractivity contribution in [3.8, 4) is 5.88 Å². The summed E-state index contributed by atoms with van der Waals surface area (Å²) in [7, 11) is 0. The average Bonchev–Trinajstić information content (AvgIpc) is 2.49. The third-order valence-electron chi connectivity index (χ3n) is 3.99. The molecule has 1 fully saturated rings. The third kappa shape index (κ3) is 6.46. The molecule has 1 aliphatic carbocycles. The second kappa shape index (κ2) is 10.4. The molecular formula is C16H17ClKN5O4. The van der Waals surface area contributed by atoms with Crippen LogP contribution in [0.2, 0.25) is 5.15 Å². The fourth-order valence-corrected chi connectivity index (χ4v) is 2.64.